The Morgan fingerprint density at radius 1 is 1.08 bits per heavy atom. The molecule has 1 atom stereocenters. The van der Waals surface area contributed by atoms with Crippen LogP contribution in [0.1, 0.15) is 44.9 Å². The van der Waals surface area contributed by atoms with Crippen LogP contribution in [0.15, 0.2) is 0 Å². The molecular weight excluding hydrogens is 150 g/mol. The number of hydrogen-bond donors (Lipinski definition) is 2. The van der Waals surface area contributed by atoms with E-state index >= 15 is 0 Å². The van der Waals surface area contributed by atoms with Crippen LogP contribution in [-0.2, 0) is 0 Å². The average molecular weight is 169 g/mol. The Morgan fingerprint density at radius 3 is 2.25 bits per heavy atom. The lowest BCUT2D eigenvalue weighted by Gasteiger charge is -2.27. The molecular formula is C10H19NO. The zero-order chi connectivity index (χ0) is 8.44. The molecule has 0 amide bonds. The predicted molar refractivity (Wildman–Crippen MR) is 49.1 cm³/mol. The Kier molecular flexibility index (Phi) is 2.37. The van der Waals surface area contributed by atoms with Crippen LogP contribution in [0.3, 0.4) is 0 Å². The van der Waals surface area contributed by atoms with E-state index in [1.54, 1.807) is 0 Å². The van der Waals surface area contributed by atoms with Crippen molar-refractivity contribution in [2.45, 2.75) is 56.6 Å². The van der Waals surface area contributed by atoms with Crippen LogP contribution in [0.5, 0.6) is 0 Å². The maximum atomic E-state index is 9.48. The van der Waals surface area contributed by atoms with Gasteiger partial charge in [-0.2, -0.15) is 0 Å². The normalized spacial score (nSPS) is 35.2. The topological polar surface area (TPSA) is 32.3 Å². The summed E-state index contributed by atoms with van der Waals surface area (Å²) in [5.41, 5.74) is 0.329. The number of aliphatic hydroxyl groups is 1. The summed E-state index contributed by atoms with van der Waals surface area (Å²) in [6.07, 6.45) is 8.95. The predicted octanol–water partition coefficient (Wildman–Crippen LogP) is 1.43. The monoisotopic (exact) mass is 169 g/mol. The Morgan fingerprint density at radius 2 is 1.75 bits per heavy atom. The summed E-state index contributed by atoms with van der Waals surface area (Å²) in [6, 6.07) is 0. The molecule has 2 rings (SSSR count). The van der Waals surface area contributed by atoms with Gasteiger partial charge in [-0.15, -0.1) is 0 Å². The number of nitrogens with one attached hydrogen (secondary N) is 1. The van der Waals surface area contributed by atoms with E-state index in [4.69, 9.17) is 0 Å². The summed E-state index contributed by atoms with van der Waals surface area (Å²) in [4.78, 5) is 0. The van der Waals surface area contributed by atoms with E-state index in [9.17, 15) is 5.11 Å². The van der Waals surface area contributed by atoms with Gasteiger partial charge in [-0.1, -0.05) is 25.7 Å². The maximum Gasteiger partial charge on any atom is 0.0682 e. The van der Waals surface area contributed by atoms with Gasteiger partial charge in [-0.3, -0.25) is 0 Å². The Bertz CT molecular complexity index is 150. The van der Waals surface area contributed by atoms with Crippen LogP contribution >= 0.6 is 0 Å². The van der Waals surface area contributed by atoms with Crippen molar-refractivity contribution < 1.29 is 5.11 Å². The van der Waals surface area contributed by atoms with Gasteiger partial charge in [0, 0.05) is 12.1 Å². The molecule has 0 aromatic carbocycles. The zero-order valence-electron chi connectivity index (χ0n) is 7.68. The summed E-state index contributed by atoms with van der Waals surface area (Å²) >= 11 is 0. The summed E-state index contributed by atoms with van der Waals surface area (Å²) in [6.45, 7) is 0.819. The van der Waals surface area contributed by atoms with Crippen LogP contribution < -0.4 is 5.32 Å². The molecule has 0 aromatic heterocycles. The summed E-state index contributed by atoms with van der Waals surface area (Å²) in [5, 5.41) is 13.0. The van der Waals surface area contributed by atoms with Crippen molar-refractivity contribution in [3.05, 3.63) is 0 Å². The van der Waals surface area contributed by atoms with Gasteiger partial charge < -0.3 is 10.4 Å². The first-order chi connectivity index (χ1) is 5.81. The van der Waals surface area contributed by atoms with Gasteiger partial charge in [0.1, 0.15) is 0 Å². The minimum absolute atomic E-state index is 0.0805. The first-order valence-corrected chi connectivity index (χ1v) is 5.24. The second-order valence-corrected chi connectivity index (χ2v) is 4.43. The largest absolute Gasteiger partial charge is 0.392 e. The van der Waals surface area contributed by atoms with Crippen LogP contribution in [0.4, 0.5) is 0 Å². The number of aliphatic hydroxyl groups excluding tert-OH is 1. The van der Waals surface area contributed by atoms with E-state index in [1.165, 1.54) is 38.5 Å². The molecule has 1 spiro atoms. The first kappa shape index (κ1) is 8.52. The summed E-state index contributed by atoms with van der Waals surface area (Å²) < 4.78 is 0. The van der Waals surface area contributed by atoms with Crippen LogP contribution in [0.2, 0.25) is 0 Å². The van der Waals surface area contributed by atoms with E-state index in [1.807, 2.05) is 0 Å². The molecule has 1 heterocycles. The van der Waals surface area contributed by atoms with Gasteiger partial charge >= 0.3 is 0 Å². The lowest BCUT2D eigenvalue weighted by molar-refractivity contribution is 0.180. The van der Waals surface area contributed by atoms with Crippen molar-refractivity contribution in [1.82, 2.24) is 5.32 Å². The molecule has 0 bridgehead atoms. The van der Waals surface area contributed by atoms with E-state index < -0.39 is 0 Å². The van der Waals surface area contributed by atoms with E-state index in [-0.39, 0.29) is 6.10 Å². The Balaban J connectivity index is 1.98. The fraction of sp³-hybridized carbons (Fsp3) is 1.00. The average Bonchev–Trinajstić information content (AvgIpc) is 2.30. The minimum atomic E-state index is -0.0805. The molecule has 70 valence electrons. The summed E-state index contributed by atoms with van der Waals surface area (Å²) in [7, 11) is 0. The molecule has 0 radical (unpaired) electrons. The van der Waals surface area contributed by atoms with E-state index in [0.717, 1.165) is 13.0 Å². The molecule has 1 aliphatic carbocycles. The van der Waals surface area contributed by atoms with Crippen molar-refractivity contribution in [3.63, 3.8) is 0 Å². The molecule has 1 unspecified atom stereocenters. The minimum Gasteiger partial charge on any atom is -0.392 e. The van der Waals surface area contributed by atoms with Crippen LogP contribution in [0, 0.1) is 0 Å². The number of hydrogen-bond acceptors (Lipinski definition) is 2. The van der Waals surface area contributed by atoms with Gasteiger partial charge in [0.05, 0.1) is 6.10 Å². The third-order valence-electron chi connectivity index (χ3n) is 3.40. The van der Waals surface area contributed by atoms with Gasteiger partial charge in [0.2, 0.25) is 0 Å². The van der Waals surface area contributed by atoms with E-state index in [0.29, 0.717) is 5.54 Å². The lowest BCUT2D eigenvalue weighted by atomic mass is 9.88. The molecule has 0 aromatic rings. The second kappa shape index (κ2) is 3.35. The van der Waals surface area contributed by atoms with E-state index in [2.05, 4.69) is 5.32 Å². The molecule has 2 nitrogen and oxygen atoms in total. The quantitative estimate of drug-likeness (QED) is 0.575. The zero-order valence-corrected chi connectivity index (χ0v) is 7.68. The Labute approximate surface area is 74.4 Å². The highest BCUT2D eigenvalue weighted by molar-refractivity contribution is 4.97. The second-order valence-electron chi connectivity index (χ2n) is 4.43. The highest BCUT2D eigenvalue weighted by atomic mass is 16.3. The number of β-amino-alcohol motifs (C(OH)–C–C–N with tert-alkyl or cyclic N) is 1. The lowest BCUT2D eigenvalue weighted by Crippen LogP contribution is -2.38. The molecule has 2 aliphatic rings. The van der Waals surface area contributed by atoms with Crippen LogP contribution in [0.25, 0.3) is 0 Å². The molecule has 1 aliphatic heterocycles. The van der Waals surface area contributed by atoms with Gasteiger partial charge in [0.25, 0.3) is 0 Å². The van der Waals surface area contributed by atoms with Crippen molar-refractivity contribution in [1.29, 1.82) is 0 Å². The van der Waals surface area contributed by atoms with Gasteiger partial charge in [-0.25, -0.2) is 0 Å². The Hall–Kier alpha value is -0.0800. The van der Waals surface area contributed by atoms with Crippen molar-refractivity contribution in [3.8, 4) is 0 Å². The molecule has 12 heavy (non-hydrogen) atoms. The fourth-order valence-electron chi connectivity index (χ4n) is 2.72. The third-order valence-corrected chi connectivity index (χ3v) is 3.40. The first-order valence-electron chi connectivity index (χ1n) is 5.24. The van der Waals surface area contributed by atoms with Crippen LogP contribution in [-0.4, -0.2) is 23.3 Å². The fourth-order valence-corrected chi connectivity index (χ4v) is 2.72. The van der Waals surface area contributed by atoms with Gasteiger partial charge in [0.15, 0.2) is 0 Å². The standard InChI is InChI=1S/C10H19NO/c12-9-7-10(11-8-9)5-3-1-2-4-6-10/h9,11-12H,1-8H2. The van der Waals surface area contributed by atoms with Crippen molar-refractivity contribution in [2.24, 2.45) is 0 Å². The summed E-state index contributed by atoms with van der Waals surface area (Å²) in [5.74, 6) is 0. The SMILES string of the molecule is OC1CNC2(CCCCCC2)C1. The molecule has 2 heteroatoms. The highest BCUT2D eigenvalue weighted by Gasteiger charge is 2.37. The third kappa shape index (κ3) is 1.64. The smallest absolute Gasteiger partial charge is 0.0682 e. The highest BCUT2D eigenvalue weighted by Crippen LogP contribution is 2.33. The van der Waals surface area contributed by atoms with Gasteiger partial charge in [-0.05, 0) is 19.3 Å². The maximum absolute atomic E-state index is 9.48. The molecule has 1 saturated carbocycles. The van der Waals surface area contributed by atoms with Crippen molar-refractivity contribution in [2.75, 3.05) is 6.54 Å². The van der Waals surface area contributed by atoms with Crippen molar-refractivity contribution >= 4 is 0 Å². The molecule has 1 saturated heterocycles. The molecule has 2 N–H and O–H groups in total. The number of rotatable bonds is 0. The molecule has 2 fully saturated rings.